The number of ether oxygens (including phenoxy) is 3. The lowest BCUT2D eigenvalue weighted by Crippen LogP contribution is -2.35. The van der Waals surface area contributed by atoms with E-state index < -0.39 is 55.5 Å². The van der Waals surface area contributed by atoms with Gasteiger partial charge in [0, 0.05) is 19.2 Å². The molecule has 150 valence electrons. The third-order valence-electron chi connectivity index (χ3n) is 3.65. The molecular weight excluding hydrogens is 370 g/mol. The van der Waals surface area contributed by atoms with Crippen molar-refractivity contribution in [3.63, 3.8) is 0 Å². The third kappa shape index (κ3) is 5.69. The zero-order valence-corrected chi connectivity index (χ0v) is 14.5. The van der Waals surface area contributed by atoms with Crippen LogP contribution in [0.15, 0.2) is 17.1 Å². The van der Waals surface area contributed by atoms with Crippen molar-refractivity contribution in [1.82, 2.24) is 14.9 Å². The van der Waals surface area contributed by atoms with Crippen molar-refractivity contribution in [3.8, 4) is 0 Å². The fourth-order valence-electron chi connectivity index (χ4n) is 2.37. The molecule has 10 nitrogen and oxygen atoms in total. The van der Waals surface area contributed by atoms with E-state index in [0.717, 1.165) is 6.20 Å². The summed E-state index contributed by atoms with van der Waals surface area (Å²) < 4.78 is 43.6. The van der Waals surface area contributed by atoms with E-state index in [1.807, 2.05) is 0 Å². The van der Waals surface area contributed by atoms with Gasteiger partial charge in [-0.2, -0.15) is 4.98 Å². The molecule has 12 heteroatoms. The minimum absolute atomic E-state index is 0.0772. The van der Waals surface area contributed by atoms with Crippen LogP contribution < -0.4 is 16.7 Å². The molecule has 27 heavy (non-hydrogen) atoms. The lowest BCUT2D eigenvalue weighted by atomic mass is 10.2. The molecule has 2 rings (SSSR count). The summed E-state index contributed by atoms with van der Waals surface area (Å²) in [5.41, 5.74) is 4.35. The maximum absolute atomic E-state index is 14.2. The third-order valence-corrected chi connectivity index (χ3v) is 3.65. The van der Waals surface area contributed by atoms with Gasteiger partial charge in [-0.25, -0.2) is 18.4 Å². The van der Waals surface area contributed by atoms with Gasteiger partial charge >= 0.3 is 17.6 Å². The van der Waals surface area contributed by atoms with Gasteiger partial charge in [-0.3, -0.25) is 9.36 Å². The second kappa shape index (κ2) is 8.86. The number of hydrogen-bond donors (Lipinski definition) is 2. The number of rotatable bonds is 8. The van der Waals surface area contributed by atoms with E-state index in [0.29, 0.717) is 11.1 Å². The predicted molar refractivity (Wildman–Crippen MR) is 86.8 cm³/mol. The first-order valence-electron chi connectivity index (χ1n) is 8.06. The quantitative estimate of drug-likeness (QED) is 0.560. The molecule has 1 aromatic rings. The van der Waals surface area contributed by atoms with Crippen LogP contribution in [0.25, 0.3) is 0 Å². The van der Waals surface area contributed by atoms with Gasteiger partial charge in [0.05, 0.1) is 6.42 Å². The maximum atomic E-state index is 14.2. The highest BCUT2D eigenvalue weighted by Gasteiger charge is 2.52. The summed E-state index contributed by atoms with van der Waals surface area (Å²) in [5.74, 6) is -4.97. The maximum Gasteiger partial charge on any atom is 0.351 e. The highest BCUT2D eigenvalue weighted by Crippen LogP contribution is 2.41. The Bertz CT molecular complexity index is 741. The van der Waals surface area contributed by atoms with E-state index in [9.17, 15) is 23.2 Å². The van der Waals surface area contributed by atoms with E-state index in [2.05, 4.69) is 15.0 Å². The number of nitrogen functional groups attached to an aromatic ring is 1. The van der Waals surface area contributed by atoms with Crippen LogP contribution in [0.2, 0.25) is 0 Å². The minimum atomic E-state index is -3.38. The molecule has 1 aliphatic rings. The molecule has 1 aromatic heterocycles. The molecule has 0 aromatic carbocycles. The fraction of sp³-hybridized carbons (Fsp3) is 0.600. The van der Waals surface area contributed by atoms with Crippen molar-refractivity contribution < 1.29 is 32.6 Å². The van der Waals surface area contributed by atoms with Gasteiger partial charge in [0.25, 0.3) is 5.92 Å². The van der Waals surface area contributed by atoms with Crippen LogP contribution in [0.4, 0.5) is 14.6 Å². The van der Waals surface area contributed by atoms with Gasteiger partial charge in [-0.15, -0.1) is 0 Å². The first kappa shape index (κ1) is 20.7. The Morgan fingerprint density at radius 3 is 2.85 bits per heavy atom. The number of nitrogens with one attached hydrogen (secondary N) is 1. The summed E-state index contributed by atoms with van der Waals surface area (Å²) >= 11 is 0. The number of esters is 2. The minimum Gasteiger partial charge on any atom is -0.460 e. The number of carbonyl (C=O) groups is 2. The number of alkyl halides is 2. The lowest BCUT2D eigenvalue weighted by Gasteiger charge is -2.19. The van der Waals surface area contributed by atoms with E-state index in [-0.39, 0.29) is 12.2 Å². The predicted octanol–water partition coefficient (Wildman–Crippen LogP) is -0.556. The highest BCUT2D eigenvalue weighted by molar-refractivity contribution is 5.76. The number of halogens is 2. The van der Waals surface area contributed by atoms with Crippen molar-refractivity contribution in [2.75, 3.05) is 32.5 Å². The summed E-state index contributed by atoms with van der Waals surface area (Å²) in [7, 11) is 1.65. The van der Waals surface area contributed by atoms with Crippen molar-refractivity contribution in [2.24, 2.45) is 0 Å². The van der Waals surface area contributed by atoms with Gasteiger partial charge in [-0.05, 0) is 13.1 Å². The largest absolute Gasteiger partial charge is 0.460 e. The van der Waals surface area contributed by atoms with Crippen molar-refractivity contribution >= 4 is 17.8 Å². The molecule has 1 fully saturated rings. The van der Waals surface area contributed by atoms with E-state index in [4.69, 9.17) is 15.2 Å². The zero-order valence-electron chi connectivity index (χ0n) is 14.5. The van der Waals surface area contributed by atoms with Crippen LogP contribution >= 0.6 is 0 Å². The Balaban J connectivity index is 1.86. The summed E-state index contributed by atoms with van der Waals surface area (Å²) in [6, 6.07) is 1.19. The SMILES string of the molecule is CNCCC(=O)OCC(=O)OC[C@H]1CC(F)(F)[C@@H](n2ccc(N)nc2=O)O1. The summed E-state index contributed by atoms with van der Waals surface area (Å²) in [6.45, 7) is -0.716. The molecule has 0 unspecified atom stereocenters. The summed E-state index contributed by atoms with van der Waals surface area (Å²) in [6.07, 6.45) is -2.65. The summed E-state index contributed by atoms with van der Waals surface area (Å²) in [4.78, 5) is 37.9. The fourth-order valence-corrected chi connectivity index (χ4v) is 2.37. The average molecular weight is 390 g/mol. The first-order valence-corrected chi connectivity index (χ1v) is 8.06. The number of carbonyl (C=O) groups excluding carboxylic acids is 2. The first-order chi connectivity index (χ1) is 12.7. The Labute approximate surface area is 152 Å². The second-order valence-electron chi connectivity index (χ2n) is 5.82. The average Bonchev–Trinajstić information content (AvgIpc) is 2.90. The van der Waals surface area contributed by atoms with Gasteiger partial charge in [0.1, 0.15) is 18.5 Å². The second-order valence-corrected chi connectivity index (χ2v) is 5.82. The number of hydrogen-bond acceptors (Lipinski definition) is 9. The van der Waals surface area contributed by atoms with Crippen LogP contribution in [0.5, 0.6) is 0 Å². The smallest absolute Gasteiger partial charge is 0.351 e. The van der Waals surface area contributed by atoms with Crippen LogP contribution in [-0.4, -0.2) is 60.3 Å². The zero-order chi connectivity index (χ0) is 20.0. The Kier molecular flexibility index (Phi) is 6.80. The molecule has 1 saturated heterocycles. The molecule has 0 spiro atoms. The van der Waals surface area contributed by atoms with Crippen molar-refractivity contribution in [1.29, 1.82) is 0 Å². The normalized spacial score (nSPS) is 21.0. The molecular formula is C15H20F2N4O6. The molecule has 0 saturated carbocycles. The van der Waals surface area contributed by atoms with Crippen LogP contribution in [0.1, 0.15) is 19.1 Å². The molecule has 0 aliphatic carbocycles. The van der Waals surface area contributed by atoms with E-state index >= 15 is 0 Å². The molecule has 0 amide bonds. The molecule has 2 heterocycles. The lowest BCUT2D eigenvalue weighted by molar-refractivity contribution is -0.162. The van der Waals surface area contributed by atoms with Gasteiger partial charge in [-0.1, -0.05) is 0 Å². The number of nitrogens with zero attached hydrogens (tertiary/aromatic N) is 2. The number of nitrogens with two attached hydrogens (primary N) is 1. The van der Waals surface area contributed by atoms with Crippen LogP contribution in [0, 0.1) is 0 Å². The topological polar surface area (TPSA) is 135 Å². The van der Waals surface area contributed by atoms with E-state index in [1.54, 1.807) is 7.05 Å². The van der Waals surface area contributed by atoms with Crippen molar-refractivity contribution in [3.05, 3.63) is 22.7 Å². The molecule has 3 N–H and O–H groups in total. The van der Waals surface area contributed by atoms with Crippen molar-refractivity contribution in [2.45, 2.75) is 31.1 Å². The van der Waals surface area contributed by atoms with Gasteiger partial charge in [0.2, 0.25) is 6.23 Å². The van der Waals surface area contributed by atoms with Crippen LogP contribution in [0.3, 0.4) is 0 Å². The Hall–Kier alpha value is -2.60. The monoisotopic (exact) mass is 390 g/mol. The Morgan fingerprint density at radius 1 is 1.44 bits per heavy atom. The molecule has 2 atom stereocenters. The van der Waals surface area contributed by atoms with E-state index in [1.165, 1.54) is 6.07 Å². The number of aromatic nitrogens is 2. The standard InChI is InChI=1S/C15H20F2N4O6/c1-19-4-2-11(22)26-8-12(23)25-7-9-6-15(16,17)13(27-9)21-5-3-10(18)20-14(21)24/h3,5,9,13,19H,2,4,6-8H2,1H3,(H2,18,20,24)/t9-,13+/m1/s1. The van der Waals surface area contributed by atoms with Crippen LogP contribution in [-0.2, 0) is 23.8 Å². The molecule has 0 bridgehead atoms. The van der Waals surface area contributed by atoms with Gasteiger partial charge < -0.3 is 25.3 Å². The highest BCUT2D eigenvalue weighted by atomic mass is 19.3. The summed E-state index contributed by atoms with van der Waals surface area (Å²) in [5, 5.41) is 2.74. The molecule has 1 aliphatic heterocycles. The molecule has 0 radical (unpaired) electrons. The number of anilines is 1. The Morgan fingerprint density at radius 2 is 2.19 bits per heavy atom. The van der Waals surface area contributed by atoms with Gasteiger partial charge in [0.15, 0.2) is 6.61 Å².